The molecule has 0 bridgehead atoms. The van der Waals surface area contributed by atoms with Gasteiger partial charge in [-0.05, 0) is 42.8 Å². The van der Waals surface area contributed by atoms with Crippen LogP contribution in [0.2, 0.25) is 0 Å². The zero-order valence-electron chi connectivity index (χ0n) is 9.73. The van der Waals surface area contributed by atoms with Crippen molar-refractivity contribution >= 4 is 6.21 Å². The second-order valence-electron chi connectivity index (χ2n) is 4.75. The lowest BCUT2D eigenvalue weighted by molar-refractivity contribution is 0.0383. The van der Waals surface area contributed by atoms with Gasteiger partial charge in [0.05, 0.1) is 6.54 Å². The molecule has 2 aliphatic heterocycles. The summed E-state index contributed by atoms with van der Waals surface area (Å²) in [5, 5.41) is 0. The Hall–Kier alpha value is -1.35. The summed E-state index contributed by atoms with van der Waals surface area (Å²) in [6.07, 6.45) is 2.31. The number of nitrogens with zero attached hydrogens (tertiary/aromatic N) is 2. The lowest BCUT2D eigenvalue weighted by Crippen LogP contribution is -2.51. The van der Waals surface area contributed by atoms with E-state index >= 15 is 0 Å². The summed E-state index contributed by atoms with van der Waals surface area (Å²) in [6, 6.07) is 4.32. The molecule has 0 aromatic heterocycles. The molecule has 0 unspecified atom stereocenters. The Kier molecular flexibility index (Phi) is 2.21. The van der Waals surface area contributed by atoms with Gasteiger partial charge in [-0.25, -0.2) is 0 Å². The first-order valence-electron chi connectivity index (χ1n) is 5.71. The summed E-state index contributed by atoms with van der Waals surface area (Å²) in [7, 11) is 2.11. The molecule has 0 aliphatic carbocycles. The number of hydrogen-bond acceptors (Lipinski definition) is 3. The standard InChI is InChI=1S/C13H16N2O/c1-9-3-10-5-14-6-11(10)4-13(9)16-12-7-15(2)8-12/h3-5,12H,6-8H2,1-2H3. The van der Waals surface area contributed by atoms with Crippen molar-refractivity contribution in [2.45, 2.75) is 19.6 Å². The zero-order chi connectivity index (χ0) is 11.1. The van der Waals surface area contributed by atoms with Crippen molar-refractivity contribution in [1.29, 1.82) is 0 Å². The molecule has 0 saturated carbocycles. The number of benzene rings is 1. The van der Waals surface area contributed by atoms with Gasteiger partial charge in [0.1, 0.15) is 11.9 Å². The van der Waals surface area contributed by atoms with Gasteiger partial charge in [-0.2, -0.15) is 0 Å². The highest BCUT2D eigenvalue weighted by Crippen LogP contribution is 2.27. The number of likely N-dealkylation sites (tertiary alicyclic amines) is 1. The van der Waals surface area contributed by atoms with Gasteiger partial charge in [-0.1, -0.05) is 0 Å². The fourth-order valence-corrected chi connectivity index (χ4v) is 2.27. The van der Waals surface area contributed by atoms with Crippen LogP contribution in [0.1, 0.15) is 16.7 Å². The SMILES string of the molecule is Cc1cc2c(cc1OC1CN(C)C1)CN=C2. The van der Waals surface area contributed by atoms with Gasteiger partial charge in [0, 0.05) is 19.3 Å². The maximum Gasteiger partial charge on any atom is 0.124 e. The van der Waals surface area contributed by atoms with Crippen LogP contribution in [-0.4, -0.2) is 37.4 Å². The van der Waals surface area contributed by atoms with Crippen LogP contribution < -0.4 is 4.74 Å². The molecule has 1 saturated heterocycles. The maximum absolute atomic E-state index is 5.98. The quantitative estimate of drug-likeness (QED) is 0.750. The van der Waals surface area contributed by atoms with Crippen LogP contribution in [0.4, 0.5) is 0 Å². The van der Waals surface area contributed by atoms with E-state index in [0.29, 0.717) is 6.10 Å². The molecule has 84 valence electrons. The lowest BCUT2D eigenvalue weighted by Gasteiger charge is -2.36. The molecule has 2 heterocycles. The average Bonchev–Trinajstić information content (AvgIpc) is 2.63. The van der Waals surface area contributed by atoms with E-state index in [1.54, 1.807) is 0 Å². The second kappa shape index (κ2) is 3.59. The van der Waals surface area contributed by atoms with E-state index in [1.807, 2.05) is 6.21 Å². The van der Waals surface area contributed by atoms with Crippen LogP contribution in [0, 0.1) is 6.92 Å². The third-order valence-corrected chi connectivity index (χ3v) is 3.25. The summed E-state index contributed by atoms with van der Waals surface area (Å²) >= 11 is 0. The van der Waals surface area contributed by atoms with Gasteiger partial charge in [-0.15, -0.1) is 0 Å². The molecule has 3 nitrogen and oxygen atoms in total. The molecule has 1 aromatic carbocycles. The molecule has 0 spiro atoms. The van der Waals surface area contributed by atoms with Gasteiger partial charge < -0.3 is 4.74 Å². The number of fused-ring (bicyclic) bond motifs is 1. The van der Waals surface area contributed by atoms with E-state index in [-0.39, 0.29) is 0 Å². The van der Waals surface area contributed by atoms with Crippen LogP contribution in [0.15, 0.2) is 17.1 Å². The molecular weight excluding hydrogens is 200 g/mol. The minimum absolute atomic E-state index is 0.365. The van der Waals surface area contributed by atoms with Crippen molar-refractivity contribution in [2.75, 3.05) is 20.1 Å². The van der Waals surface area contributed by atoms with E-state index in [2.05, 4.69) is 36.0 Å². The fraction of sp³-hybridized carbons (Fsp3) is 0.462. The minimum Gasteiger partial charge on any atom is -0.487 e. The van der Waals surface area contributed by atoms with Gasteiger partial charge in [0.2, 0.25) is 0 Å². The molecule has 0 atom stereocenters. The summed E-state index contributed by atoms with van der Waals surface area (Å²) in [5.74, 6) is 1.03. The number of hydrogen-bond donors (Lipinski definition) is 0. The number of aryl methyl sites for hydroxylation is 1. The van der Waals surface area contributed by atoms with Crippen molar-refractivity contribution in [3.05, 3.63) is 28.8 Å². The predicted octanol–water partition coefficient (Wildman–Crippen LogP) is 1.62. The summed E-state index contributed by atoms with van der Waals surface area (Å²) in [5.41, 5.74) is 3.74. The molecule has 0 radical (unpaired) electrons. The Labute approximate surface area is 95.7 Å². The molecule has 0 N–H and O–H groups in total. The molecule has 3 rings (SSSR count). The predicted molar refractivity (Wildman–Crippen MR) is 64.4 cm³/mol. The molecular formula is C13H16N2O. The Balaban J connectivity index is 1.80. The van der Waals surface area contributed by atoms with Crippen LogP contribution >= 0.6 is 0 Å². The highest BCUT2D eigenvalue weighted by Gasteiger charge is 2.25. The van der Waals surface area contributed by atoms with E-state index in [1.165, 1.54) is 16.7 Å². The van der Waals surface area contributed by atoms with E-state index in [0.717, 1.165) is 25.4 Å². The number of ether oxygens (including phenoxy) is 1. The summed E-state index contributed by atoms with van der Waals surface area (Å²) in [4.78, 5) is 6.53. The molecule has 0 amide bonds. The molecule has 16 heavy (non-hydrogen) atoms. The van der Waals surface area contributed by atoms with Crippen LogP contribution in [0.25, 0.3) is 0 Å². The lowest BCUT2D eigenvalue weighted by atomic mass is 10.1. The third kappa shape index (κ3) is 1.61. The van der Waals surface area contributed by atoms with Gasteiger partial charge in [0.15, 0.2) is 0 Å². The highest BCUT2D eigenvalue weighted by atomic mass is 16.5. The monoisotopic (exact) mass is 216 g/mol. The van der Waals surface area contributed by atoms with Gasteiger partial charge in [0.25, 0.3) is 0 Å². The van der Waals surface area contributed by atoms with Gasteiger partial charge >= 0.3 is 0 Å². The topological polar surface area (TPSA) is 24.8 Å². The van der Waals surface area contributed by atoms with Crippen LogP contribution in [-0.2, 0) is 6.54 Å². The normalized spacial score (nSPS) is 19.6. The Bertz CT molecular complexity index is 447. The van der Waals surface area contributed by atoms with E-state index in [9.17, 15) is 0 Å². The first-order valence-corrected chi connectivity index (χ1v) is 5.71. The maximum atomic E-state index is 5.98. The number of likely N-dealkylation sites (N-methyl/N-ethyl adjacent to an activating group) is 1. The molecule has 2 aliphatic rings. The summed E-state index contributed by atoms with van der Waals surface area (Å²) in [6.45, 7) is 4.97. The van der Waals surface area contributed by atoms with Crippen LogP contribution in [0.5, 0.6) is 5.75 Å². The molecule has 1 fully saturated rings. The Morgan fingerprint density at radius 3 is 2.94 bits per heavy atom. The van der Waals surface area contributed by atoms with Crippen molar-refractivity contribution in [1.82, 2.24) is 4.90 Å². The first kappa shape index (κ1) is 9.85. The van der Waals surface area contributed by atoms with E-state index in [4.69, 9.17) is 4.74 Å². The Morgan fingerprint density at radius 1 is 1.38 bits per heavy atom. The van der Waals surface area contributed by atoms with Crippen molar-refractivity contribution in [2.24, 2.45) is 4.99 Å². The fourth-order valence-electron chi connectivity index (χ4n) is 2.27. The van der Waals surface area contributed by atoms with Crippen molar-refractivity contribution in [3.63, 3.8) is 0 Å². The highest BCUT2D eigenvalue weighted by molar-refractivity contribution is 5.85. The minimum atomic E-state index is 0.365. The summed E-state index contributed by atoms with van der Waals surface area (Å²) < 4.78 is 5.98. The molecule has 3 heteroatoms. The number of rotatable bonds is 2. The van der Waals surface area contributed by atoms with Crippen LogP contribution in [0.3, 0.4) is 0 Å². The smallest absolute Gasteiger partial charge is 0.124 e. The number of aliphatic imine (C=N–C) groups is 1. The first-order chi connectivity index (χ1) is 7.72. The van der Waals surface area contributed by atoms with Crippen molar-refractivity contribution < 1.29 is 4.74 Å². The Morgan fingerprint density at radius 2 is 2.19 bits per heavy atom. The average molecular weight is 216 g/mol. The van der Waals surface area contributed by atoms with Gasteiger partial charge in [-0.3, -0.25) is 9.89 Å². The molecule has 1 aromatic rings. The second-order valence-corrected chi connectivity index (χ2v) is 4.75. The largest absolute Gasteiger partial charge is 0.487 e. The van der Waals surface area contributed by atoms with E-state index < -0.39 is 0 Å². The van der Waals surface area contributed by atoms with Crippen molar-refractivity contribution in [3.8, 4) is 5.75 Å². The zero-order valence-corrected chi connectivity index (χ0v) is 9.73. The third-order valence-electron chi connectivity index (χ3n) is 3.25.